The molecular weight excluding hydrogens is 402 g/mol. The van der Waals surface area contributed by atoms with Crippen molar-refractivity contribution in [3.05, 3.63) is 64.5 Å². The van der Waals surface area contributed by atoms with E-state index in [2.05, 4.69) is 45.1 Å². The smallest absolute Gasteiger partial charge is 0.127 e. The van der Waals surface area contributed by atoms with Gasteiger partial charge in [-0.3, -0.25) is 4.98 Å². The molecule has 1 aliphatic carbocycles. The van der Waals surface area contributed by atoms with Crippen LogP contribution in [0.3, 0.4) is 0 Å². The lowest BCUT2D eigenvalue weighted by Gasteiger charge is -2.33. The number of nitrogens with zero attached hydrogens (tertiary/aromatic N) is 1. The highest BCUT2D eigenvalue weighted by molar-refractivity contribution is 9.10. The predicted molar refractivity (Wildman–Crippen MR) is 112 cm³/mol. The van der Waals surface area contributed by atoms with Crippen molar-refractivity contribution in [2.24, 2.45) is 5.41 Å². The van der Waals surface area contributed by atoms with Crippen LogP contribution < -0.4 is 5.32 Å². The number of pyridine rings is 1. The molecule has 2 heterocycles. The summed E-state index contributed by atoms with van der Waals surface area (Å²) < 4.78 is 1.01. The third-order valence-electron chi connectivity index (χ3n) is 5.15. The standard InChI is InChI=1S/C22H22BrN3O/c1-22(2)11-15(13-27)19-18(12-22)26-20(14-6-8-24-9-7-14)21(19)25-17-5-3-4-16(23)10-17/h3-10,13,15,25-26H,11-12H2,1-2H3. The predicted octanol–water partition coefficient (Wildman–Crippen LogP) is 5.84. The minimum atomic E-state index is -0.120. The first-order valence-electron chi connectivity index (χ1n) is 9.10. The van der Waals surface area contributed by atoms with E-state index in [1.54, 1.807) is 12.4 Å². The van der Waals surface area contributed by atoms with Gasteiger partial charge in [0.15, 0.2) is 0 Å². The Hall–Kier alpha value is -2.40. The van der Waals surface area contributed by atoms with E-state index < -0.39 is 0 Å². The molecule has 0 spiro atoms. The summed E-state index contributed by atoms with van der Waals surface area (Å²) in [6, 6.07) is 12.0. The van der Waals surface area contributed by atoms with Gasteiger partial charge in [-0.25, -0.2) is 0 Å². The molecule has 3 aromatic rings. The fourth-order valence-electron chi connectivity index (χ4n) is 4.05. The lowest BCUT2D eigenvalue weighted by Crippen LogP contribution is -2.26. The molecule has 5 heteroatoms. The lowest BCUT2D eigenvalue weighted by molar-refractivity contribution is -0.109. The van der Waals surface area contributed by atoms with Crippen molar-refractivity contribution in [3.63, 3.8) is 0 Å². The van der Waals surface area contributed by atoms with Crippen LogP contribution in [-0.4, -0.2) is 16.3 Å². The van der Waals surface area contributed by atoms with Crippen LogP contribution in [0.25, 0.3) is 11.3 Å². The van der Waals surface area contributed by atoms with Crippen LogP contribution in [0, 0.1) is 5.41 Å². The number of carbonyl (C=O) groups is 1. The fraction of sp³-hybridized carbons (Fsp3) is 0.273. The third-order valence-corrected chi connectivity index (χ3v) is 5.64. The van der Waals surface area contributed by atoms with Gasteiger partial charge in [0.25, 0.3) is 0 Å². The van der Waals surface area contributed by atoms with Crippen molar-refractivity contribution in [1.29, 1.82) is 0 Å². The van der Waals surface area contributed by atoms with Gasteiger partial charge in [0, 0.05) is 45.3 Å². The zero-order valence-corrected chi connectivity index (χ0v) is 17.0. The Morgan fingerprint density at radius 1 is 1.26 bits per heavy atom. The Labute approximate surface area is 167 Å². The number of aromatic nitrogens is 2. The van der Waals surface area contributed by atoms with Crippen molar-refractivity contribution in [3.8, 4) is 11.3 Å². The van der Waals surface area contributed by atoms with Crippen LogP contribution in [0.15, 0.2) is 53.3 Å². The van der Waals surface area contributed by atoms with Crippen LogP contribution in [0.4, 0.5) is 11.4 Å². The summed E-state index contributed by atoms with van der Waals surface area (Å²) in [7, 11) is 0. The highest BCUT2D eigenvalue weighted by Crippen LogP contribution is 2.48. The number of nitrogens with one attached hydrogen (secondary N) is 2. The average Bonchev–Trinajstić information content (AvgIpc) is 2.98. The number of hydrogen-bond donors (Lipinski definition) is 2. The summed E-state index contributed by atoms with van der Waals surface area (Å²) in [5, 5.41) is 3.57. The summed E-state index contributed by atoms with van der Waals surface area (Å²) in [4.78, 5) is 19.7. The van der Waals surface area contributed by atoms with Gasteiger partial charge >= 0.3 is 0 Å². The van der Waals surface area contributed by atoms with Gasteiger partial charge < -0.3 is 15.1 Å². The van der Waals surface area contributed by atoms with Gasteiger partial charge in [-0.15, -0.1) is 0 Å². The van der Waals surface area contributed by atoms with Crippen LogP contribution in [-0.2, 0) is 11.2 Å². The fourth-order valence-corrected chi connectivity index (χ4v) is 4.45. The summed E-state index contributed by atoms with van der Waals surface area (Å²) in [6.07, 6.45) is 6.45. The molecule has 0 bridgehead atoms. The van der Waals surface area contributed by atoms with Gasteiger partial charge in [-0.05, 0) is 48.6 Å². The third kappa shape index (κ3) is 3.56. The molecule has 1 aromatic carbocycles. The topological polar surface area (TPSA) is 57.8 Å². The molecule has 0 saturated heterocycles. The highest BCUT2D eigenvalue weighted by Gasteiger charge is 2.36. The first-order chi connectivity index (χ1) is 13.0. The molecule has 0 amide bonds. The largest absolute Gasteiger partial charge is 0.356 e. The molecule has 138 valence electrons. The normalized spacial score (nSPS) is 18.0. The Morgan fingerprint density at radius 3 is 2.74 bits per heavy atom. The molecule has 0 aliphatic heterocycles. The second-order valence-electron chi connectivity index (χ2n) is 7.93. The molecule has 1 unspecified atom stereocenters. The maximum atomic E-state index is 12.0. The van der Waals surface area contributed by atoms with Crippen LogP contribution in [0.1, 0.15) is 37.4 Å². The van der Waals surface area contributed by atoms with Crippen LogP contribution in [0.2, 0.25) is 0 Å². The number of carbonyl (C=O) groups excluding carboxylic acids is 1. The van der Waals surface area contributed by atoms with Gasteiger partial charge in [0.1, 0.15) is 6.29 Å². The van der Waals surface area contributed by atoms with E-state index in [9.17, 15) is 4.79 Å². The van der Waals surface area contributed by atoms with Crippen LogP contribution >= 0.6 is 15.9 Å². The molecule has 2 N–H and O–H groups in total. The highest BCUT2D eigenvalue weighted by atomic mass is 79.9. The van der Waals surface area contributed by atoms with Crippen molar-refractivity contribution >= 4 is 33.6 Å². The maximum Gasteiger partial charge on any atom is 0.127 e. The van der Waals surface area contributed by atoms with Gasteiger partial charge in [-0.2, -0.15) is 0 Å². The molecule has 4 nitrogen and oxygen atoms in total. The Morgan fingerprint density at radius 2 is 2.04 bits per heavy atom. The van der Waals surface area contributed by atoms with E-state index >= 15 is 0 Å². The van der Waals surface area contributed by atoms with E-state index in [0.29, 0.717) is 0 Å². The SMILES string of the molecule is CC1(C)Cc2[nH]c(-c3ccncc3)c(Nc3cccc(Br)c3)c2C(C=O)C1. The summed E-state index contributed by atoms with van der Waals surface area (Å²) in [6.45, 7) is 4.45. The van der Waals surface area contributed by atoms with E-state index in [-0.39, 0.29) is 11.3 Å². The molecule has 1 atom stereocenters. The second-order valence-corrected chi connectivity index (χ2v) is 8.84. The first kappa shape index (κ1) is 18.0. The number of fused-ring (bicyclic) bond motifs is 1. The Balaban J connectivity index is 1.89. The van der Waals surface area contributed by atoms with Crippen molar-refractivity contribution in [2.75, 3.05) is 5.32 Å². The van der Waals surface area contributed by atoms with Crippen LogP contribution in [0.5, 0.6) is 0 Å². The summed E-state index contributed by atoms with van der Waals surface area (Å²) in [5.41, 5.74) is 6.36. The van der Waals surface area contributed by atoms with Crippen molar-refractivity contribution in [2.45, 2.75) is 32.6 Å². The van der Waals surface area contributed by atoms with Gasteiger partial charge in [0.2, 0.25) is 0 Å². The lowest BCUT2D eigenvalue weighted by atomic mass is 9.71. The molecule has 2 aromatic heterocycles. The quantitative estimate of drug-likeness (QED) is 0.518. The Kier molecular flexibility index (Phi) is 4.64. The van der Waals surface area contributed by atoms with E-state index in [1.807, 2.05) is 36.4 Å². The maximum absolute atomic E-state index is 12.0. The molecule has 0 saturated carbocycles. The van der Waals surface area contributed by atoms with E-state index in [4.69, 9.17) is 0 Å². The number of aldehydes is 1. The number of aromatic amines is 1. The number of halogens is 1. The summed E-state index contributed by atoms with van der Waals surface area (Å²) >= 11 is 3.53. The van der Waals surface area contributed by atoms with Crippen molar-refractivity contribution < 1.29 is 4.79 Å². The first-order valence-corrected chi connectivity index (χ1v) is 9.89. The monoisotopic (exact) mass is 423 g/mol. The minimum absolute atomic E-state index is 0.0893. The molecule has 4 rings (SSSR count). The number of rotatable bonds is 4. The zero-order chi connectivity index (χ0) is 19.0. The second kappa shape index (κ2) is 6.97. The average molecular weight is 424 g/mol. The van der Waals surface area contributed by atoms with E-state index in [0.717, 1.165) is 57.5 Å². The molecule has 1 aliphatic rings. The molecule has 27 heavy (non-hydrogen) atoms. The van der Waals surface area contributed by atoms with E-state index in [1.165, 1.54) is 0 Å². The number of anilines is 2. The van der Waals surface area contributed by atoms with Crippen molar-refractivity contribution in [1.82, 2.24) is 9.97 Å². The number of benzene rings is 1. The van der Waals surface area contributed by atoms with Gasteiger partial charge in [0.05, 0.1) is 11.4 Å². The van der Waals surface area contributed by atoms with Gasteiger partial charge in [-0.1, -0.05) is 35.8 Å². The zero-order valence-electron chi connectivity index (χ0n) is 15.4. The number of H-pyrrole nitrogens is 1. The molecule has 0 fully saturated rings. The summed E-state index contributed by atoms with van der Waals surface area (Å²) in [5.74, 6) is -0.120. The Bertz CT molecular complexity index is 978. The molecule has 0 radical (unpaired) electrons. The minimum Gasteiger partial charge on any atom is -0.356 e. The molecular formula is C22H22BrN3O. The number of hydrogen-bond acceptors (Lipinski definition) is 3.